The molecule has 4 rings (SSSR count). The highest BCUT2D eigenvalue weighted by atomic mass is 16.1. The second kappa shape index (κ2) is 8.99. The standard InChI is InChI=1S/C21H21N9O/c1-3-22-21-24-14(2)11-19(27-21)25-16-7-9-17(10-8-16)26-20(31)15-5-4-6-18(12-15)30-13-23-28-29-30/h4-13H,3H2,1-2H3,(H,26,31)(H2,22,24,25,27). The van der Waals surface area contributed by atoms with Gasteiger partial charge in [0.25, 0.3) is 5.91 Å². The molecule has 0 spiro atoms. The van der Waals surface area contributed by atoms with Crippen LogP contribution in [0.5, 0.6) is 0 Å². The summed E-state index contributed by atoms with van der Waals surface area (Å²) in [6.45, 7) is 4.66. The van der Waals surface area contributed by atoms with Crippen molar-refractivity contribution < 1.29 is 4.79 Å². The molecule has 2 heterocycles. The van der Waals surface area contributed by atoms with E-state index in [0.717, 1.165) is 17.9 Å². The van der Waals surface area contributed by atoms with Gasteiger partial charge in [-0.05, 0) is 66.7 Å². The van der Waals surface area contributed by atoms with Crippen molar-refractivity contribution in [3.63, 3.8) is 0 Å². The van der Waals surface area contributed by atoms with Crippen LogP contribution < -0.4 is 16.0 Å². The van der Waals surface area contributed by atoms with Crippen molar-refractivity contribution in [1.29, 1.82) is 0 Å². The van der Waals surface area contributed by atoms with Gasteiger partial charge in [0, 0.05) is 35.2 Å². The number of aryl methyl sites for hydroxylation is 1. The second-order valence-corrected chi connectivity index (χ2v) is 6.71. The molecule has 0 saturated carbocycles. The van der Waals surface area contributed by atoms with Crippen LogP contribution in [0.2, 0.25) is 0 Å². The number of tetrazole rings is 1. The number of hydrogen-bond acceptors (Lipinski definition) is 8. The molecule has 0 aliphatic heterocycles. The molecule has 10 heteroatoms. The zero-order valence-corrected chi connectivity index (χ0v) is 17.1. The highest BCUT2D eigenvalue weighted by Crippen LogP contribution is 2.20. The van der Waals surface area contributed by atoms with Crippen molar-refractivity contribution >= 4 is 29.0 Å². The third-order valence-corrected chi connectivity index (χ3v) is 4.33. The molecule has 156 valence electrons. The van der Waals surface area contributed by atoms with E-state index in [1.165, 1.54) is 11.0 Å². The topological polar surface area (TPSA) is 123 Å². The fraction of sp³-hybridized carbons (Fsp3) is 0.143. The minimum atomic E-state index is -0.225. The number of hydrogen-bond donors (Lipinski definition) is 3. The third-order valence-electron chi connectivity index (χ3n) is 4.33. The maximum Gasteiger partial charge on any atom is 0.255 e. The van der Waals surface area contributed by atoms with Crippen molar-refractivity contribution in [2.75, 3.05) is 22.5 Å². The third kappa shape index (κ3) is 4.99. The number of carbonyl (C=O) groups is 1. The van der Waals surface area contributed by atoms with Gasteiger partial charge in [0.05, 0.1) is 5.69 Å². The normalized spacial score (nSPS) is 10.5. The second-order valence-electron chi connectivity index (χ2n) is 6.71. The first-order valence-corrected chi connectivity index (χ1v) is 9.72. The summed E-state index contributed by atoms with van der Waals surface area (Å²) in [5.74, 6) is 1.05. The van der Waals surface area contributed by atoms with Crippen LogP contribution in [0, 0.1) is 6.92 Å². The number of benzene rings is 2. The summed E-state index contributed by atoms with van der Waals surface area (Å²) in [7, 11) is 0. The van der Waals surface area contributed by atoms with E-state index in [-0.39, 0.29) is 5.91 Å². The van der Waals surface area contributed by atoms with Crippen LogP contribution in [0.15, 0.2) is 60.9 Å². The van der Waals surface area contributed by atoms with Crippen molar-refractivity contribution in [2.45, 2.75) is 13.8 Å². The molecule has 31 heavy (non-hydrogen) atoms. The average molecular weight is 415 g/mol. The molecule has 2 aromatic carbocycles. The molecule has 0 aliphatic carbocycles. The van der Waals surface area contributed by atoms with Crippen molar-refractivity contribution in [3.8, 4) is 5.69 Å². The zero-order valence-electron chi connectivity index (χ0n) is 17.1. The Bertz CT molecular complexity index is 1170. The number of carbonyl (C=O) groups excluding carboxylic acids is 1. The molecule has 2 aromatic heterocycles. The van der Waals surface area contributed by atoms with Crippen LogP contribution in [-0.4, -0.2) is 42.6 Å². The first kappa shape index (κ1) is 20.0. The largest absolute Gasteiger partial charge is 0.354 e. The number of aromatic nitrogens is 6. The zero-order chi connectivity index (χ0) is 21.6. The first-order chi connectivity index (χ1) is 15.1. The Morgan fingerprint density at radius 2 is 1.84 bits per heavy atom. The number of nitrogens with zero attached hydrogens (tertiary/aromatic N) is 6. The van der Waals surface area contributed by atoms with E-state index in [1.807, 2.05) is 50.2 Å². The van der Waals surface area contributed by atoms with Gasteiger partial charge in [-0.25, -0.2) is 9.67 Å². The van der Waals surface area contributed by atoms with Crippen LogP contribution >= 0.6 is 0 Å². The van der Waals surface area contributed by atoms with E-state index in [4.69, 9.17) is 0 Å². The molecule has 0 fully saturated rings. The highest BCUT2D eigenvalue weighted by molar-refractivity contribution is 6.04. The molecule has 0 aliphatic rings. The van der Waals surface area contributed by atoms with Gasteiger partial charge in [0.1, 0.15) is 12.1 Å². The quantitative estimate of drug-likeness (QED) is 0.421. The molecule has 3 N–H and O–H groups in total. The van der Waals surface area contributed by atoms with E-state index >= 15 is 0 Å². The molecule has 0 unspecified atom stereocenters. The molecular formula is C21H21N9O. The number of rotatable bonds is 7. The van der Waals surface area contributed by atoms with Crippen LogP contribution in [0.1, 0.15) is 23.0 Å². The Balaban J connectivity index is 1.43. The predicted octanol–water partition coefficient (Wildman–Crippen LogP) is 3.19. The van der Waals surface area contributed by atoms with Gasteiger partial charge < -0.3 is 16.0 Å². The molecule has 10 nitrogen and oxygen atoms in total. The van der Waals surface area contributed by atoms with Gasteiger partial charge in [-0.15, -0.1) is 5.10 Å². The smallest absolute Gasteiger partial charge is 0.255 e. The van der Waals surface area contributed by atoms with Crippen molar-refractivity contribution in [3.05, 3.63) is 72.2 Å². The fourth-order valence-corrected chi connectivity index (χ4v) is 2.93. The van der Waals surface area contributed by atoms with E-state index in [2.05, 4.69) is 41.4 Å². The lowest BCUT2D eigenvalue weighted by molar-refractivity contribution is 0.102. The monoisotopic (exact) mass is 415 g/mol. The van der Waals surface area contributed by atoms with Crippen LogP contribution in [0.25, 0.3) is 5.69 Å². The van der Waals surface area contributed by atoms with Crippen LogP contribution in [0.4, 0.5) is 23.1 Å². The van der Waals surface area contributed by atoms with Gasteiger partial charge in [-0.3, -0.25) is 4.79 Å². The Morgan fingerprint density at radius 3 is 2.58 bits per heavy atom. The van der Waals surface area contributed by atoms with Gasteiger partial charge in [0.2, 0.25) is 5.95 Å². The summed E-state index contributed by atoms with van der Waals surface area (Å²) in [6.07, 6.45) is 1.48. The SMILES string of the molecule is CCNc1nc(C)cc(Nc2ccc(NC(=O)c3cccc(-n4cnnn4)c3)cc2)n1. The first-order valence-electron chi connectivity index (χ1n) is 9.72. The Kier molecular flexibility index (Phi) is 5.79. The van der Waals surface area contributed by atoms with E-state index in [9.17, 15) is 4.79 Å². The minimum absolute atomic E-state index is 0.225. The van der Waals surface area contributed by atoms with Crippen LogP contribution in [0.3, 0.4) is 0 Å². The van der Waals surface area contributed by atoms with Gasteiger partial charge >= 0.3 is 0 Å². The van der Waals surface area contributed by atoms with Crippen molar-refractivity contribution in [2.24, 2.45) is 0 Å². The molecule has 1 amide bonds. The summed E-state index contributed by atoms with van der Waals surface area (Å²) in [6, 6.07) is 16.3. The van der Waals surface area contributed by atoms with E-state index in [0.29, 0.717) is 28.7 Å². The van der Waals surface area contributed by atoms with Gasteiger partial charge in [0.15, 0.2) is 0 Å². The van der Waals surface area contributed by atoms with Crippen molar-refractivity contribution in [1.82, 2.24) is 30.2 Å². The molecule has 0 radical (unpaired) electrons. The highest BCUT2D eigenvalue weighted by Gasteiger charge is 2.09. The fourth-order valence-electron chi connectivity index (χ4n) is 2.93. The maximum atomic E-state index is 12.6. The van der Waals surface area contributed by atoms with E-state index in [1.54, 1.807) is 18.2 Å². The Morgan fingerprint density at radius 1 is 1.03 bits per heavy atom. The summed E-state index contributed by atoms with van der Waals surface area (Å²) in [5.41, 5.74) is 3.59. The molecule has 0 bridgehead atoms. The lowest BCUT2D eigenvalue weighted by atomic mass is 10.2. The molecule has 4 aromatic rings. The van der Waals surface area contributed by atoms with Crippen LogP contribution in [-0.2, 0) is 0 Å². The lowest BCUT2D eigenvalue weighted by Crippen LogP contribution is -2.12. The summed E-state index contributed by atoms with van der Waals surface area (Å²) >= 11 is 0. The van der Waals surface area contributed by atoms with E-state index < -0.39 is 0 Å². The predicted molar refractivity (Wildman–Crippen MR) is 118 cm³/mol. The Hall–Kier alpha value is -4.34. The number of amides is 1. The summed E-state index contributed by atoms with van der Waals surface area (Å²) < 4.78 is 1.49. The van der Waals surface area contributed by atoms with Gasteiger partial charge in [-0.1, -0.05) is 6.07 Å². The minimum Gasteiger partial charge on any atom is -0.354 e. The lowest BCUT2D eigenvalue weighted by Gasteiger charge is -2.10. The molecular weight excluding hydrogens is 394 g/mol. The molecule has 0 atom stereocenters. The Labute approximate surface area is 178 Å². The number of nitrogens with one attached hydrogen (secondary N) is 3. The molecule has 0 saturated heterocycles. The number of anilines is 4. The average Bonchev–Trinajstić information content (AvgIpc) is 3.30. The maximum absolute atomic E-state index is 12.6. The summed E-state index contributed by atoms with van der Waals surface area (Å²) in [4.78, 5) is 21.4. The van der Waals surface area contributed by atoms with Gasteiger partial charge in [-0.2, -0.15) is 4.98 Å². The summed E-state index contributed by atoms with van der Waals surface area (Å²) in [5, 5.41) is 20.3.